The zero-order chi connectivity index (χ0) is 12.4. The second-order valence-corrected chi connectivity index (χ2v) is 5.63. The van der Waals surface area contributed by atoms with E-state index in [4.69, 9.17) is 5.73 Å². The Kier molecular flexibility index (Phi) is 3.94. The van der Waals surface area contributed by atoms with Gasteiger partial charge in [-0.05, 0) is 59.8 Å². The Morgan fingerprint density at radius 1 is 1.41 bits per heavy atom. The molecule has 1 aliphatic rings. The van der Waals surface area contributed by atoms with E-state index in [0.29, 0.717) is 5.92 Å². The number of aliphatic hydroxyl groups is 1. The molecule has 1 aromatic rings. The molecule has 4 heteroatoms. The molecule has 0 saturated carbocycles. The van der Waals surface area contributed by atoms with Crippen LogP contribution < -0.4 is 10.6 Å². The Balaban J connectivity index is 2.05. The fraction of sp³-hybridized carbons (Fsp3) is 0.538. The van der Waals surface area contributed by atoms with Crippen molar-refractivity contribution in [1.82, 2.24) is 0 Å². The van der Waals surface area contributed by atoms with Gasteiger partial charge in [0, 0.05) is 23.2 Å². The average molecular weight is 299 g/mol. The van der Waals surface area contributed by atoms with Crippen LogP contribution in [-0.4, -0.2) is 24.3 Å². The largest absolute Gasteiger partial charge is 0.399 e. The van der Waals surface area contributed by atoms with Crippen molar-refractivity contribution in [2.24, 2.45) is 5.92 Å². The van der Waals surface area contributed by atoms with E-state index in [-0.39, 0.29) is 6.10 Å². The molecule has 0 bridgehead atoms. The number of halogens is 1. The third-order valence-corrected chi connectivity index (χ3v) is 4.17. The fourth-order valence-electron chi connectivity index (χ4n) is 2.40. The van der Waals surface area contributed by atoms with Crippen molar-refractivity contribution < 1.29 is 5.11 Å². The van der Waals surface area contributed by atoms with E-state index in [2.05, 4.69) is 26.9 Å². The summed E-state index contributed by atoms with van der Waals surface area (Å²) in [6.07, 6.45) is 1.91. The molecule has 17 heavy (non-hydrogen) atoms. The molecule has 1 fully saturated rings. The van der Waals surface area contributed by atoms with E-state index in [0.717, 1.165) is 36.1 Å². The minimum absolute atomic E-state index is 0.188. The van der Waals surface area contributed by atoms with Crippen LogP contribution in [0.4, 0.5) is 11.4 Å². The first-order valence-corrected chi connectivity index (χ1v) is 6.85. The normalized spacial score (nSPS) is 19.4. The number of nitrogens with two attached hydrogens (primary N) is 1. The number of hydrogen-bond acceptors (Lipinski definition) is 3. The molecule has 1 aliphatic heterocycles. The molecule has 1 heterocycles. The highest BCUT2D eigenvalue weighted by Gasteiger charge is 2.23. The number of rotatable bonds is 2. The molecule has 2 rings (SSSR count). The Morgan fingerprint density at radius 2 is 2.06 bits per heavy atom. The van der Waals surface area contributed by atoms with Crippen LogP contribution in [0, 0.1) is 5.92 Å². The van der Waals surface area contributed by atoms with Gasteiger partial charge >= 0.3 is 0 Å². The summed E-state index contributed by atoms with van der Waals surface area (Å²) >= 11 is 3.56. The smallest absolute Gasteiger partial charge is 0.0541 e. The van der Waals surface area contributed by atoms with Crippen LogP contribution in [0.1, 0.15) is 19.8 Å². The second kappa shape index (κ2) is 5.27. The van der Waals surface area contributed by atoms with Crippen LogP contribution in [0.2, 0.25) is 0 Å². The van der Waals surface area contributed by atoms with Crippen molar-refractivity contribution in [1.29, 1.82) is 0 Å². The molecule has 3 nitrogen and oxygen atoms in total. The van der Waals surface area contributed by atoms with Crippen molar-refractivity contribution in [2.45, 2.75) is 25.9 Å². The zero-order valence-corrected chi connectivity index (χ0v) is 11.7. The summed E-state index contributed by atoms with van der Waals surface area (Å²) in [7, 11) is 0. The van der Waals surface area contributed by atoms with Gasteiger partial charge in [-0.3, -0.25) is 0 Å². The molecule has 0 spiro atoms. The number of hydrogen-bond donors (Lipinski definition) is 2. The Labute approximate surface area is 111 Å². The summed E-state index contributed by atoms with van der Waals surface area (Å²) in [5.41, 5.74) is 7.71. The fourth-order valence-corrected chi connectivity index (χ4v) is 3.05. The Bertz CT molecular complexity index is 387. The molecule has 94 valence electrons. The van der Waals surface area contributed by atoms with E-state index in [9.17, 15) is 5.11 Å². The molecule has 0 radical (unpaired) electrons. The molecular formula is C13H19BrN2O. The highest BCUT2D eigenvalue weighted by Crippen LogP contribution is 2.32. The SMILES string of the molecule is CC(O)C1CCN(c2ccc(N)cc2Br)CC1. The number of piperidine rings is 1. The van der Waals surface area contributed by atoms with Crippen LogP contribution in [0.15, 0.2) is 22.7 Å². The predicted octanol–water partition coefficient (Wildman–Crippen LogP) is 2.63. The summed E-state index contributed by atoms with van der Waals surface area (Å²) in [4.78, 5) is 2.35. The van der Waals surface area contributed by atoms with E-state index in [1.807, 2.05) is 19.1 Å². The lowest BCUT2D eigenvalue weighted by Crippen LogP contribution is -2.37. The summed E-state index contributed by atoms with van der Waals surface area (Å²) < 4.78 is 1.05. The highest BCUT2D eigenvalue weighted by molar-refractivity contribution is 9.10. The Hall–Kier alpha value is -0.740. The number of aliphatic hydroxyl groups excluding tert-OH is 1. The quantitative estimate of drug-likeness (QED) is 0.825. The van der Waals surface area contributed by atoms with Crippen LogP contribution in [-0.2, 0) is 0 Å². The number of nitrogens with zero attached hydrogens (tertiary/aromatic N) is 1. The Morgan fingerprint density at radius 3 is 2.59 bits per heavy atom. The molecule has 1 saturated heterocycles. The predicted molar refractivity (Wildman–Crippen MR) is 75.2 cm³/mol. The van der Waals surface area contributed by atoms with Gasteiger partial charge in [0.1, 0.15) is 0 Å². The van der Waals surface area contributed by atoms with Gasteiger partial charge in [0.05, 0.1) is 11.8 Å². The molecular weight excluding hydrogens is 280 g/mol. The van der Waals surface area contributed by atoms with Crippen molar-refractivity contribution in [2.75, 3.05) is 23.7 Å². The second-order valence-electron chi connectivity index (χ2n) is 4.78. The third kappa shape index (κ3) is 2.93. The van der Waals surface area contributed by atoms with E-state index >= 15 is 0 Å². The zero-order valence-electron chi connectivity index (χ0n) is 10.1. The van der Waals surface area contributed by atoms with Crippen LogP contribution in [0.5, 0.6) is 0 Å². The maximum absolute atomic E-state index is 9.58. The third-order valence-electron chi connectivity index (χ3n) is 3.53. The topological polar surface area (TPSA) is 49.5 Å². The van der Waals surface area contributed by atoms with Gasteiger partial charge in [-0.1, -0.05) is 0 Å². The molecule has 1 unspecified atom stereocenters. The van der Waals surface area contributed by atoms with Gasteiger partial charge in [-0.25, -0.2) is 0 Å². The van der Waals surface area contributed by atoms with Gasteiger partial charge in [-0.15, -0.1) is 0 Å². The highest BCUT2D eigenvalue weighted by atomic mass is 79.9. The number of benzene rings is 1. The van der Waals surface area contributed by atoms with E-state index in [1.165, 1.54) is 5.69 Å². The van der Waals surface area contributed by atoms with Gasteiger partial charge < -0.3 is 15.7 Å². The monoisotopic (exact) mass is 298 g/mol. The summed E-state index contributed by atoms with van der Waals surface area (Å²) in [5.74, 6) is 0.443. The maximum Gasteiger partial charge on any atom is 0.0541 e. The van der Waals surface area contributed by atoms with Crippen molar-refractivity contribution in [3.63, 3.8) is 0 Å². The minimum Gasteiger partial charge on any atom is -0.399 e. The lowest BCUT2D eigenvalue weighted by Gasteiger charge is -2.35. The number of anilines is 2. The van der Waals surface area contributed by atoms with Crippen molar-refractivity contribution >= 4 is 27.3 Å². The van der Waals surface area contributed by atoms with Crippen molar-refractivity contribution in [3.8, 4) is 0 Å². The van der Waals surface area contributed by atoms with E-state index < -0.39 is 0 Å². The minimum atomic E-state index is -0.188. The van der Waals surface area contributed by atoms with Gasteiger partial charge in [0.2, 0.25) is 0 Å². The molecule has 0 aliphatic carbocycles. The molecule has 1 aromatic carbocycles. The van der Waals surface area contributed by atoms with Crippen LogP contribution >= 0.6 is 15.9 Å². The first kappa shape index (κ1) is 12.7. The van der Waals surface area contributed by atoms with Gasteiger partial charge in [0.25, 0.3) is 0 Å². The maximum atomic E-state index is 9.58. The first-order chi connectivity index (χ1) is 8.08. The summed E-state index contributed by atoms with van der Waals surface area (Å²) in [5, 5.41) is 9.58. The molecule has 0 amide bonds. The van der Waals surface area contributed by atoms with Gasteiger partial charge in [-0.2, -0.15) is 0 Å². The standard InChI is InChI=1S/C13H19BrN2O/c1-9(17)10-4-6-16(7-5-10)13-3-2-11(15)8-12(13)14/h2-3,8-10,17H,4-7,15H2,1H3. The molecule has 0 aromatic heterocycles. The lowest BCUT2D eigenvalue weighted by molar-refractivity contribution is 0.110. The molecule has 1 atom stereocenters. The average Bonchev–Trinajstić information content (AvgIpc) is 2.29. The van der Waals surface area contributed by atoms with Crippen LogP contribution in [0.3, 0.4) is 0 Å². The lowest BCUT2D eigenvalue weighted by atomic mass is 9.92. The summed E-state index contributed by atoms with van der Waals surface area (Å²) in [6.45, 7) is 3.88. The molecule has 3 N–H and O–H groups in total. The first-order valence-electron chi connectivity index (χ1n) is 6.06. The van der Waals surface area contributed by atoms with Crippen LogP contribution in [0.25, 0.3) is 0 Å². The van der Waals surface area contributed by atoms with Gasteiger partial charge in [0.15, 0.2) is 0 Å². The van der Waals surface area contributed by atoms with Crippen molar-refractivity contribution in [3.05, 3.63) is 22.7 Å². The van der Waals surface area contributed by atoms with E-state index in [1.54, 1.807) is 0 Å². The summed E-state index contributed by atoms with van der Waals surface area (Å²) in [6, 6.07) is 5.93. The number of nitrogen functional groups attached to an aromatic ring is 1.